The van der Waals surface area contributed by atoms with Gasteiger partial charge in [-0.25, -0.2) is 5.43 Å². The third-order valence-corrected chi connectivity index (χ3v) is 2.35. The highest BCUT2D eigenvalue weighted by Crippen LogP contribution is 2.03. The van der Waals surface area contributed by atoms with E-state index in [1.807, 2.05) is 43.3 Å². The van der Waals surface area contributed by atoms with Crippen LogP contribution in [0.4, 0.5) is 0 Å². The van der Waals surface area contributed by atoms with E-state index >= 15 is 0 Å². The number of nitrogens with one attached hydrogen (secondary N) is 1. The van der Waals surface area contributed by atoms with E-state index in [4.69, 9.17) is 4.42 Å². The number of nitrogens with zero attached hydrogens (tertiary/aromatic N) is 1. The number of rotatable bonds is 4. The van der Waals surface area contributed by atoms with Gasteiger partial charge in [0.1, 0.15) is 11.5 Å². The first-order valence-electron chi connectivity index (χ1n) is 5.66. The SMILES string of the molecule is Cc1ccc(/C=N/NC(=O)Cc2ccccc2)o1. The molecule has 4 nitrogen and oxygen atoms in total. The smallest absolute Gasteiger partial charge is 0.244 e. The fraction of sp³-hybridized carbons (Fsp3) is 0.143. The Morgan fingerprint density at radius 3 is 2.72 bits per heavy atom. The van der Waals surface area contributed by atoms with Crippen LogP contribution >= 0.6 is 0 Å². The molecule has 0 unspecified atom stereocenters. The Kier molecular flexibility index (Phi) is 3.91. The second kappa shape index (κ2) is 5.82. The monoisotopic (exact) mass is 242 g/mol. The lowest BCUT2D eigenvalue weighted by Crippen LogP contribution is -2.19. The van der Waals surface area contributed by atoms with Crippen LogP contribution in [0.5, 0.6) is 0 Å². The van der Waals surface area contributed by atoms with Crippen LogP contribution in [0, 0.1) is 6.92 Å². The normalized spacial score (nSPS) is 10.7. The van der Waals surface area contributed by atoms with Gasteiger partial charge in [-0.05, 0) is 24.6 Å². The summed E-state index contributed by atoms with van der Waals surface area (Å²) in [7, 11) is 0. The molecule has 0 aliphatic carbocycles. The summed E-state index contributed by atoms with van der Waals surface area (Å²) in [6.45, 7) is 1.85. The van der Waals surface area contributed by atoms with E-state index in [0.29, 0.717) is 12.2 Å². The van der Waals surface area contributed by atoms with Gasteiger partial charge in [-0.1, -0.05) is 30.3 Å². The predicted octanol–water partition coefficient (Wildman–Crippen LogP) is 2.28. The number of benzene rings is 1. The Labute approximate surface area is 105 Å². The highest BCUT2D eigenvalue weighted by molar-refractivity contribution is 5.81. The third-order valence-electron chi connectivity index (χ3n) is 2.35. The maximum absolute atomic E-state index is 11.6. The zero-order valence-electron chi connectivity index (χ0n) is 10.1. The van der Waals surface area contributed by atoms with Crippen molar-refractivity contribution in [2.45, 2.75) is 13.3 Å². The number of hydrogen-bond donors (Lipinski definition) is 1. The number of carbonyl (C=O) groups is 1. The van der Waals surface area contributed by atoms with Crippen LogP contribution in [-0.4, -0.2) is 12.1 Å². The van der Waals surface area contributed by atoms with Gasteiger partial charge in [0.25, 0.3) is 0 Å². The highest BCUT2D eigenvalue weighted by Gasteiger charge is 2.01. The topological polar surface area (TPSA) is 54.6 Å². The van der Waals surface area contributed by atoms with Crippen LogP contribution in [0.3, 0.4) is 0 Å². The van der Waals surface area contributed by atoms with E-state index in [9.17, 15) is 4.79 Å². The van der Waals surface area contributed by atoms with Crippen molar-refractivity contribution in [3.05, 3.63) is 59.5 Å². The Bertz CT molecular complexity index is 544. The first-order valence-corrected chi connectivity index (χ1v) is 5.66. The minimum atomic E-state index is -0.152. The average Bonchev–Trinajstić information content (AvgIpc) is 2.76. The lowest BCUT2D eigenvalue weighted by atomic mass is 10.1. The van der Waals surface area contributed by atoms with Gasteiger partial charge < -0.3 is 4.42 Å². The molecule has 1 heterocycles. The van der Waals surface area contributed by atoms with Gasteiger partial charge in [0, 0.05) is 0 Å². The van der Waals surface area contributed by atoms with Crippen molar-refractivity contribution in [1.82, 2.24) is 5.43 Å². The standard InChI is InChI=1S/C14H14N2O2/c1-11-7-8-13(18-11)10-15-16-14(17)9-12-5-3-2-4-6-12/h2-8,10H,9H2,1H3,(H,16,17)/b15-10+. The Hall–Kier alpha value is -2.36. The number of carbonyl (C=O) groups excluding carboxylic acids is 1. The molecule has 0 spiro atoms. The Morgan fingerprint density at radius 2 is 2.06 bits per heavy atom. The van der Waals surface area contributed by atoms with Crippen molar-refractivity contribution in [1.29, 1.82) is 0 Å². The number of furan rings is 1. The van der Waals surface area contributed by atoms with Crippen LogP contribution in [0.2, 0.25) is 0 Å². The largest absolute Gasteiger partial charge is 0.460 e. The van der Waals surface area contributed by atoms with Crippen molar-refractivity contribution in [3.8, 4) is 0 Å². The molecule has 2 rings (SSSR count). The number of hydrogen-bond acceptors (Lipinski definition) is 3. The van der Waals surface area contributed by atoms with Gasteiger partial charge in [0.2, 0.25) is 5.91 Å². The van der Waals surface area contributed by atoms with E-state index < -0.39 is 0 Å². The van der Waals surface area contributed by atoms with Crippen molar-refractivity contribution in [2.75, 3.05) is 0 Å². The Balaban J connectivity index is 1.83. The van der Waals surface area contributed by atoms with Gasteiger partial charge in [0.15, 0.2) is 0 Å². The lowest BCUT2D eigenvalue weighted by molar-refractivity contribution is -0.120. The number of amides is 1. The van der Waals surface area contributed by atoms with Crippen molar-refractivity contribution in [2.24, 2.45) is 5.10 Å². The molecular formula is C14H14N2O2. The van der Waals surface area contributed by atoms with Gasteiger partial charge in [-0.3, -0.25) is 4.79 Å². The molecule has 1 N–H and O–H groups in total. The maximum Gasteiger partial charge on any atom is 0.244 e. The molecule has 0 aliphatic heterocycles. The first kappa shape index (κ1) is 12.1. The summed E-state index contributed by atoms with van der Waals surface area (Å²) in [4.78, 5) is 11.6. The molecule has 1 aromatic carbocycles. The van der Waals surface area contributed by atoms with Gasteiger partial charge >= 0.3 is 0 Å². The molecule has 0 bridgehead atoms. The molecule has 0 saturated carbocycles. The average molecular weight is 242 g/mol. The summed E-state index contributed by atoms with van der Waals surface area (Å²) in [6, 6.07) is 13.2. The van der Waals surface area contributed by atoms with Crippen molar-refractivity contribution in [3.63, 3.8) is 0 Å². The molecule has 0 fully saturated rings. The highest BCUT2D eigenvalue weighted by atomic mass is 16.3. The van der Waals surface area contributed by atoms with E-state index in [-0.39, 0.29) is 5.91 Å². The van der Waals surface area contributed by atoms with Crippen LogP contribution in [0.25, 0.3) is 0 Å². The van der Waals surface area contributed by atoms with Crippen LogP contribution in [0.15, 0.2) is 52.0 Å². The van der Waals surface area contributed by atoms with Crippen molar-refractivity contribution < 1.29 is 9.21 Å². The van der Waals surface area contributed by atoms with Crippen molar-refractivity contribution >= 4 is 12.1 Å². The van der Waals surface area contributed by atoms with Gasteiger partial charge in [-0.2, -0.15) is 5.10 Å². The van der Waals surface area contributed by atoms with Gasteiger partial charge in [0.05, 0.1) is 12.6 Å². The number of hydrazone groups is 1. The molecule has 0 atom stereocenters. The summed E-state index contributed by atoms with van der Waals surface area (Å²) >= 11 is 0. The van der Waals surface area contributed by atoms with Crippen LogP contribution in [0.1, 0.15) is 17.1 Å². The van der Waals surface area contributed by atoms with E-state index in [0.717, 1.165) is 11.3 Å². The van der Waals surface area contributed by atoms with Gasteiger partial charge in [-0.15, -0.1) is 0 Å². The molecule has 0 aliphatic rings. The quantitative estimate of drug-likeness (QED) is 0.660. The van der Waals surface area contributed by atoms with Crippen LogP contribution in [-0.2, 0) is 11.2 Å². The summed E-state index contributed by atoms with van der Waals surface area (Å²) in [6.07, 6.45) is 1.80. The first-order chi connectivity index (χ1) is 8.74. The fourth-order valence-electron chi connectivity index (χ4n) is 1.51. The van der Waals surface area contributed by atoms with Crippen LogP contribution < -0.4 is 5.43 Å². The maximum atomic E-state index is 11.6. The second-order valence-electron chi connectivity index (χ2n) is 3.90. The summed E-state index contributed by atoms with van der Waals surface area (Å²) in [5.41, 5.74) is 3.42. The molecule has 1 amide bonds. The second-order valence-corrected chi connectivity index (χ2v) is 3.90. The molecule has 1 aromatic heterocycles. The fourth-order valence-corrected chi connectivity index (χ4v) is 1.51. The minimum absolute atomic E-state index is 0.152. The Morgan fingerprint density at radius 1 is 1.28 bits per heavy atom. The van der Waals surface area contributed by atoms with E-state index in [2.05, 4.69) is 10.5 Å². The molecule has 2 aromatic rings. The molecular weight excluding hydrogens is 228 g/mol. The van der Waals surface area contributed by atoms with E-state index in [1.165, 1.54) is 6.21 Å². The molecule has 0 radical (unpaired) electrons. The molecule has 4 heteroatoms. The summed E-state index contributed by atoms with van der Waals surface area (Å²) < 4.78 is 5.28. The number of aryl methyl sites for hydroxylation is 1. The molecule has 0 saturated heterocycles. The lowest BCUT2D eigenvalue weighted by Gasteiger charge is -1.99. The van der Waals surface area contributed by atoms with E-state index in [1.54, 1.807) is 6.07 Å². The summed E-state index contributed by atoms with van der Waals surface area (Å²) in [5, 5.41) is 3.83. The zero-order chi connectivity index (χ0) is 12.8. The zero-order valence-corrected chi connectivity index (χ0v) is 10.1. The third kappa shape index (κ3) is 3.59. The minimum Gasteiger partial charge on any atom is -0.460 e. The molecule has 18 heavy (non-hydrogen) atoms. The predicted molar refractivity (Wildman–Crippen MR) is 69.3 cm³/mol. The summed E-state index contributed by atoms with van der Waals surface area (Å²) in [5.74, 6) is 1.28. The molecule has 92 valence electrons.